The van der Waals surface area contributed by atoms with E-state index < -0.39 is 23.0 Å². The molecule has 0 aliphatic carbocycles. The molecule has 25 heavy (non-hydrogen) atoms. The van der Waals surface area contributed by atoms with Crippen LogP contribution in [-0.2, 0) is 30.3 Å². The quantitative estimate of drug-likeness (QED) is 0.474. The minimum Gasteiger partial charge on any atom is -0.453 e. The first-order valence-corrected chi connectivity index (χ1v) is 9.68. The fourth-order valence-electron chi connectivity index (χ4n) is 3.31. The van der Waals surface area contributed by atoms with Gasteiger partial charge in [0.2, 0.25) is 5.91 Å². The van der Waals surface area contributed by atoms with E-state index >= 15 is 0 Å². The largest absolute Gasteiger partial charge is 0.453 e. The van der Waals surface area contributed by atoms with Crippen LogP contribution < -0.4 is 5.32 Å². The van der Waals surface area contributed by atoms with Crippen LogP contribution in [0.5, 0.6) is 0 Å². The molecule has 0 saturated carbocycles. The molecule has 4 heterocycles. The van der Waals surface area contributed by atoms with Crippen molar-refractivity contribution in [1.82, 2.24) is 10.2 Å². The van der Waals surface area contributed by atoms with Gasteiger partial charge in [-0.3, -0.25) is 14.5 Å². The summed E-state index contributed by atoms with van der Waals surface area (Å²) in [4.78, 5) is 39.6. The van der Waals surface area contributed by atoms with Crippen LogP contribution in [0.4, 0.5) is 0 Å². The summed E-state index contributed by atoms with van der Waals surface area (Å²) in [7, 11) is 1.39. The van der Waals surface area contributed by atoms with Crippen molar-refractivity contribution < 1.29 is 23.9 Å². The zero-order valence-electron chi connectivity index (χ0n) is 13.6. The van der Waals surface area contributed by atoms with Gasteiger partial charge in [0.25, 0.3) is 11.6 Å². The molecular weight excluding hydrogens is 364 g/mol. The van der Waals surface area contributed by atoms with E-state index in [1.54, 1.807) is 6.92 Å². The van der Waals surface area contributed by atoms with Crippen molar-refractivity contribution in [3.05, 3.63) is 33.7 Å². The maximum absolute atomic E-state index is 12.8. The van der Waals surface area contributed by atoms with Crippen LogP contribution in [0.3, 0.4) is 0 Å². The van der Waals surface area contributed by atoms with Crippen LogP contribution in [0.2, 0.25) is 0 Å². The van der Waals surface area contributed by atoms with E-state index in [-0.39, 0.29) is 18.4 Å². The molecule has 1 fully saturated rings. The second-order valence-electron chi connectivity index (χ2n) is 6.00. The van der Waals surface area contributed by atoms with E-state index in [9.17, 15) is 14.4 Å². The number of esters is 1. The van der Waals surface area contributed by atoms with Gasteiger partial charge >= 0.3 is 5.97 Å². The molecule has 1 saturated heterocycles. The number of cyclic esters (lactones) is 1. The summed E-state index contributed by atoms with van der Waals surface area (Å²) < 4.78 is 10.7. The molecule has 0 spiro atoms. The molecule has 9 heteroatoms. The molecule has 0 bridgehead atoms. The smallest absolute Gasteiger partial charge is 0.355 e. The molecule has 0 radical (unpaired) electrons. The highest BCUT2D eigenvalue weighted by atomic mass is 32.2. The minimum absolute atomic E-state index is 0.181. The number of fused-ring (bicyclic) bond motifs is 2. The second-order valence-corrected chi connectivity index (χ2v) is 8.10. The van der Waals surface area contributed by atoms with Crippen LogP contribution in [-0.4, -0.2) is 52.7 Å². The van der Waals surface area contributed by atoms with E-state index in [1.807, 2.05) is 17.5 Å². The predicted octanol–water partition coefficient (Wildman–Crippen LogP) is 0.864. The van der Waals surface area contributed by atoms with E-state index in [2.05, 4.69) is 5.32 Å². The standard InChI is InChI=1S/C16H16N2O5S2/c1-8-10-7-25-15-16(22-2,14(21)18(15)12(10)13(20)23-8)17-11(19)6-9-4-3-5-24-9/h3-5,8,15H,6-7H2,1-2H3,(H,17,19)/t8?,15-,16?/m0/s1. The molecular formula is C16H16N2O5S2. The molecule has 0 aromatic carbocycles. The normalized spacial score (nSPS) is 30.6. The van der Waals surface area contributed by atoms with Gasteiger partial charge in [0.1, 0.15) is 17.2 Å². The van der Waals surface area contributed by atoms with Crippen molar-refractivity contribution in [2.24, 2.45) is 0 Å². The maximum Gasteiger partial charge on any atom is 0.355 e. The number of hydrogen-bond acceptors (Lipinski definition) is 7. The lowest BCUT2D eigenvalue weighted by Crippen LogP contribution is -2.80. The van der Waals surface area contributed by atoms with Gasteiger partial charge in [0.15, 0.2) is 0 Å². The molecule has 132 valence electrons. The average molecular weight is 380 g/mol. The average Bonchev–Trinajstić information content (AvgIpc) is 3.19. The lowest BCUT2D eigenvalue weighted by Gasteiger charge is -2.55. The Kier molecular flexibility index (Phi) is 3.89. The van der Waals surface area contributed by atoms with Gasteiger partial charge in [-0.1, -0.05) is 6.07 Å². The number of nitrogens with one attached hydrogen (secondary N) is 1. The van der Waals surface area contributed by atoms with Crippen molar-refractivity contribution in [3.63, 3.8) is 0 Å². The summed E-state index contributed by atoms with van der Waals surface area (Å²) >= 11 is 2.93. The zero-order valence-corrected chi connectivity index (χ0v) is 15.2. The Morgan fingerprint density at radius 2 is 2.32 bits per heavy atom. The number of β-lactam (4-membered cyclic amide) rings is 1. The van der Waals surface area contributed by atoms with Gasteiger partial charge in [-0.05, 0) is 18.4 Å². The Morgan fingerprint density at radius 3 is 3.00 bits per heavy atom. The molecule has 4 rings (SSSR count). The number of thiophene rings is 1. The molecule has 2 unspecified atom stereocenters. The molecule has 3 aliphatic rings. The SMILES string of the molecule is COC1(NC(=O)Cc2cccs2)C(=O)N2C3=C(CS[C@H]21)C(C)OC3=O. The third-order valence-electron chi connectivity index (χ3n) is 4.59. The lowest BCUT2D eigenvalue weighted by molar-refractivity contribution is -0.192. The Balaban J connectivity index is 1.56. The third-order valence-corrected chi connectivity index (χ3v) is 6.80. The number of ether oxygens (including phenoxy) is 2. The number of amides is 2. The summed E-state index contributed by atoms with van der Waals surface area (Å²) in [6.45, 7) is 1.79. The van der Waals surface area contributed by atoms with E-state index in [1.165, 1.54) is 35.1 Å². The van der Waals surface area contributed by atoms with Crippen molar-refractivity contribution in [3.8, 4) is 0 Å². The Bertz CT molecular complexity index is 790. The lowest BCUT2D eigenvalue weighted by atomic mass is 9.97. The van der Waals surface area contributed by atoms with Crippen LogP contribution >= 0.6 is 23.1 Å². The number of carbonyl (C=O) groups excluding carboxylic acids is 3. The first-order valence-electron chi connectivity index (χ1n) is 7.75. The van der Waals surface area contributed by atoms with Crippen molar-refractivity contribution in [1.29, 1.82) is 0 Å². The fourth-order valence-corrected chi connectivity index (χ4v) is 5.57. The van der Waals surface area contributed by atoms with Gasteiger partial charge in [-0.15, -0.1) is 23.1 Å². The van der Waals surface area contributed by atoms with Crippen LogP contribution in [0.15, 0.2) is 28.8 Å². The third kappa shape index (κ3) is 2.33. The summed E-state index contributed by atoms with van der Waals surface area (Å²) in [6, 6.07) is 3.73. The number of rotatable bonds is 4. The zero-order chi connectivity index (χ0) is 17.8. The van der Waals surface area contributed by atoms with E-state index in [0.717, 1.165) is 10.5 Å². The highest BCUT2D eigenvalue weighted by Crippen LogP contribution is 2.49. The van der Waals surface area contributed by atoms with Crippen molar-refractivity contribution in [2.75, 3.05) is 12.9 Å². The molecule has 2 amide bonds. The highest BCUT2D eigenvalue weighted by molar-refractivity contribution is 8.00. The fraction of sp³-hybridized carbons (Fsp3) is 0.438. The van der Waals surface area contributed by atoms with Gasteiger partial charge in [-0.2, -0.15) is 0 Å². The van der Waals surface area contributed by atoms with Crippen molar-refractivity contribution in [2.45, 2.75) is 30.5 Å². The summed E-state index contributed by atoms with van der Waals surface area (Å²) in [6.07, 6.45) is -0.143. The van der Waals surface area contributed by atoms with Crippen LogP contribution in [0.1, 0.15) is 11.8 Å². The summed E-state index contributed by atoms with van der Waals surface area (Å²) in [5.74, 6) is -0.663. The number of methoxy groups -OCH3 is 1. The Hall–Kier alpha value is -1.84. The topological polar surface area (TPSA) is 84.9 Å². The Morgan fingerprint density at radius 1 is 1.52 bits per heavy atom. The molecule has 3 aliphatic heterocycles. The maximum atomic E-state index is 12.8. The minimum atomic E-state index is -1.44. The van der Waals surface area contributed by atoms with Gasteiger partial charge in [0, 0.05) is 23.3 Å². The van der Waals surface area contributed by atoms with Gasteiger partial charge in [-0.25, -0.2) is 4.79 Å². The van der Waals surface area contributed by atoms with Crippen LogP contribution in [0.25, 0.3) is 0 Å². The number of thioether (sulfide) groups is 1. The number of hydrogen-bond donors (Lipinski definition) is 1. The monoisotopic (exact) mass is 380 g/mol. The second kappa shape index (κ2) is 5.86. The molecule has 1 aromatic heterocycles. The van der Waals surface area contributed by atoms with Gasteiger partial charge in [0.05, 0.1) is 6.42 Å². The number of nitrogens with zero attached hydrogens (tertiary/aromatic N) is 1. The molecule has 1 N–H and O–H groups in total. The Labute approximate surface area is 152 Å². The van der Waals surface area contributed by atoms with Crippen LogP contribution in [0, 0.1) is 0 Å². The predicted molar refractivity (Wildman–Crippen MR) is 91.6 cm³/mol. The number of carbonyl (C=O) groups is 3. The van der Waals surface area contributed by atoms with E-state index in [0.29, 0.717) is 11.4 Å². The molecule has 1 aromatic rings. The molecule has 3 atom stereocenters. The summed E-state index contributed by atoms with van der Waals surface area (Å²) in [5.41, 5.74) is -0.320. The highest BCUT2D eigenvalue weighted by Gasteiger charge is 2.67. The van der Waals surface area contributed by atoms with Gasteiger partial charge < -0.3 is 14.8 Å². The van der Waals surface area contributed by atoms with E-state index in [4.69, 9.17) is 9.47 Å². The molecule has 7 nitrogen and oxygen atoms in total. The first-order chi connectivity index (χ1) is 12.0. The summed E-state index contributed by atoms with van der Waals surface area (Å²) in [5, 5.41) is 4.15. The first kappa shape index (κ1) is 16.6. The van der Waals surface area contributed by atoms with Crippen molar-refractivity contribution >= 4 is 40.9 Å².